The minimum absolute atomic E-state index is 0.00344. The third kappa shape index (κ3) is 2.76. The van der Waals surface area contributed by atoms with Gasteiger partial charge in [0.15, 0.2) is 6.61 Å². The Labute approximate surface area is 128 Å². The van der Waals surface area contributed by atoms with Gasteiger partial charge in [0.05, 0.1) is 5.52 Å². The molecule has 1 aromatic heterocycles. The van der Waals surface area contributed by atoms with E-state index in [-0.39, 0.29) is 12.5 Å². The van der Waals surface area contributed by atoms with Crippen LogP contribution in [0.2, 0.25) is 0 Å². The average Bonchev–Trinajstić information content (AvgIpc) is 2.59. The summed E-state index contributed by atoms with van der Waals surface area (Å²) in [4.78, 5) is 15.8. The molecule has 3 aromatic rings. The molecule has 1 amide bonds. The van der Waals surface area contributed by atoms with Gasteiger partial charge in [-0.15, -0.1) is 0 Å². The van der Waals surface area contributed by atoms with Gasteiger partial charge in [0, 0.05) is 24.2 Å². The first-order valence-electron chi connectivity index (χ1n) is 7.06. The fourth-order valence-corrected chi connectivity index (χ4v) is 2.37. The molecule has 0 radical (unpaired) electrons. The largest absolute Gasteiger partial charge is 0.483 e. The highest BCUT2D eigenvalue weighted by Gasteiger charge is 2.10. The molecule has 0 fully saturated rings. The number of carbonyl (C=O) groups excluding carboxylic acids is 1. The van der Waals surface area contributed by atoms with Gasteiger partial charge in [0.2, 0.25) is 0 Å². The summed E-state index contributed by atoms with van der Waals surface area (Å²) >= 11 is 0. The van der Waals surface area contributed by atoms with Crippen molar-refractivity contribution in [3.63, 3.8) is 0 Å². The van der Waals surface area contributed by atoms with E-state index < -0.39 is 0 Å². The van der Waals surface area contributed by atoms with E-state index in [2.05, 4.69) is 10.3 Å². The van der Waals surface area contributed by atoms with Gasteiger partial charge >= 0.3 is 0 Å². The lowest BCUT2D eigenvalue weighted by Crippen LogP contribution is -2.24. The van der Waals surface area contributed by atoms with Crippen LogP contribution in [0, 0.1) is 0 Å². The molecule has 4 heteroatoms. The minimum Gasteiger partial charge on any atom is -0.483 e. The monoisotopic (exact) mass is 292 g/mol. The maximum atomic E-state index is 11.4. The first kappa shape index (κ1) is 14.1. The zero-order valence-electron chi connectivity index (χ0n) is 12.2. The van der Waals surface area contributed by atoms with Crippen molar-refractivity contribution in [3.8, 4) is 16.9 Å². The number of carbonyl (C=O) groups is 1. The number of benzene rings is 2. The second-order valence-electron chi connectivity index (χ2n) is 4.83. The molecule has 3 rings (SSSR count). The van der Waals surface area contributed by atoms with Crippen LogP contribution in [0.5, 0.6) is 5.75 Å². The molecule has 0 bridgehead atoms. The second-order valence-corrected chi connectivity index (χ2v) is 4.83. The number of pyridine rings is 1. The summed E-state index contributed by atoms with van der Waals surface area (Å²) in [7, 11) is 1.59. The molecule has 110 valence electrons. The summed E-state index contributed by atoms with van der Waals surface area (Å²) in [5, 5.41) is 3.61. The number of fused-ring (bicyclic) bond motifs is 1. The summed E-state index contributed by atoms with van der Waals surface area (Å²) in [6.45, 7) is -0.00344. The third-order valence-electron chi connectivity index (χ3n) is 3.46. The molecule has 0 aliphatic carbocycles. The summed E-state index contributed by atoms with van der Waals surface area (Å²) in [5.41, 5.74) is 2.92. The smallest absolute Gasteiger partial charge is 0.257 e. The molecule has 0 atom stereocenters. The molecule has 2 aromatic carbocycles. The van der Waals surface area contributed by atoms with Gasteiger partial charge in [-0.2, -0.15) is 0 Å². The molecule has 1 heterocycles. The number of nitrogens with one attached hydrogen (secondary N) is 1. The van der Waals surface area contributed by atoms with Crippen LogP contribution in [-0.4, -0.2) is 24.5 Å². The summed E-state index contributed by atoms with van der Waals surface area (Å²) in [5.74, 6) is 0.525. The van der Waals surface area contributed by atoms with Gasteiger partial charge < -0.3 is 10.1 Å². The van der Waals surface area contributed by atoms with Crippen LogP contribution < -0.4 is 10.1 Å². The maximum absolute atomic E-state index is 11.4. The van der Waals surface area contributed by atoms with E-state index in [1.54, 1.807) is 13.2 Å². The number of para-hydroxylation sites is 1. The number of hydrogen-bond acceptors (Lipinski definition) is 3. The van der Waals surface area contributed by atoms with Crippen LogP contribution in [0.1, 0.15) is 0 Å². The Morgan fingerprint density at radius 2 is 1.86 bits per heavy atom. The summed E-state index contributed by atoms with van der Waals surface area (Å²) in [6.07, 6.45) is 1.78. The van der Waals surface area contributed by atoms with Crippen LogP contribution in [0.4, 0.5) is 0 Å². The average molecular weight is 292 g/mol. The van der Waals surface area contributed by atoms with E-state index in [1.165, 1.54) is 0 Å². The van der Waals surface area contributed by atoms with Crippen molar-refractivity contribution < 1.29 is 9.53 Å². The molecule has 0 aliphatic heterocycles. The van der Waals surface area contributed by atoms with Crippen molar-refractivity contribution in [2.24, 2.45) is 0 Å². The number of hydrogen-bond donors (Lipinski definition) is 1. The molecule has 0 spiro atoms. The van der Waals surface area contributed by atoms with E-state index in [4.69, 9.17) is 4.74 Å². The Morgan fingerprint density at radius 3 is 2.73 bits per heavy atom. The number of ether oxygens (including phenoxy) is 1. The molecule has 0 aliphatic rings. The fraction of sp³-hybridized carbons (Fsp3) is 0.111. The topological polar surface area (TPSA) is 51.2 Å². The third-order valence-corrected chi connectivity index (χ3v) is 3.46. The number of likely N-dealkylation sites (N-methyl/N-ethyl adjacent to an activating group) is 1. The quantitative estimate of drug-likeness (QED) is 0.804. The molecule has 22 heavy (non-hydrogen) atoms. The van der Waals surface area contributed by atoms with Gasteiger partial charge in [-0.05, 0) is 23.8 Å². The second kappa shape index (κ2) is 6.26. The molecular formula is C18H16N2O2. The van der Waals surface area contributed by atoms with Crippen molar-refractivity contribution in [3.05, 3.63) is 60.8 Å². The van der Waals surface area contributed by atoms with Gasteiger partial charge in [0.25, 0.3) is 5.91 Å². The Morgan fingerprint density at radius 1 is 1.05 bits per heavy atom. The number of amides is 1. The number of nitrogens with zero attached hydrogens (tertiary/aromatic N) is 1. The van der Waals surface area contributed by atoms with Crippen LogP contribution >= 0.6 is 0 Å². The Balaban J connectivity index is 2.05. The highest BCUT2D eigenvalue weighted by atomic mass is 16.5. The first-order chi connectivity index (χ1) is 10.8. The maximum Gasteiger partial charge on any atom is 0.257 e. The molecule has 1 N–H and O–H groups in total. The van der Waals surface area contributed by atoms with Crippen molar-refractivity contribution in [1.29, 1.82) is 0 Å². The van der Waals surface area contributed by atoms with Crippen LogP contribution in [0.3, 0.4) is 0 Å². The van der Waals surface area contributed by atoms with Gasteiger partial charge in [0.1, 0.15) is 5.75 Å². The van der Waals surface area contributed by atoms with Crippen molar-refractivity contribution in [1.82, 2.24) is 10.3 Å². The molecule has 0 saturated carbocycles. The van der Waals surface area contributed by atoms with Crippen molar-refractivity contribution >= 4 is 16.8 Å². The SMILES string of the molecule is CNC(=O)COc1ccccc1-c1cccc2ncccc12. The Kier molecular flexibility index (Phi) is 4.01. The van der Waals surface area contributed by atoms with Crippen LogP contribution in [-0.2, 0) is 4.79 Å². The van der Waals surface area contributed by atoms with Gasteiger partial charge in [-0.25, -0.2) is 0 Å². The lowest BCUT2D eigenvalue weighted by Gasteiger charge is -2.12. The lowest BCUT2D eigenvalue weighted by molar-refractivity contribution is -0.122. The van der Waals surface area contributed by atoms with Crippen molar-refractivity contribution in [2.75, 3.05) is 13.7 Å². The first-order valence-corrected chi connectivity index (χ1v) is 7.06. The fourth-order valence-electron chi connectivity index (χ4n) is 2.37. The van der Waals surface area contributed by atoms with Crippen LogP contribution in [0.15, 0.2) is 60.8 Å². The number of aromatic nitrogens is 1. The Bertz CT molecular complexity index is 810. The standard InChI is InChI=1S/C18H16N2O2/c1-19-18(21)12-22-17-10-3-2-6-15(17)13-7-4-9-16-14(13)8-5-11-20-16/h2-11H,12H2,1H3,(H,19,21). The van der Waals surface area contributed by atoms with E-state index in [0.29, 0.717) is 5.75 Å². The van der Waals surface area contributed by atoms with E-state index in [0.717, 1.165) is 22.0 Å². The molecule has 0 unspecified atom stereocenters. The normalized spacial score (nSPS) is 10.4. The molecular weight excluding hydrogens is 276 g/mol. The highest BCUT2D eigenvalue weighted by molar-refractivity contribution is 5.96. The van der Waals surface area contributed by atoms with E-state index in [9.17, 15) is 4.79 Å². The lowest BCUT2D eigenvalue weighted by atomic mass is 10.00. The highest BCUT2D eigenvalue weighted by Crippen LogP contribution is 2.34. The zero-order valence-corrected chi connectivity index (χ0v) is 12.2. The summed E-state index contributed by atoms with van der Waals surface area (Å²) in [6, 6.07) is 17.6. The van der Waals surface area contributed by atoms with Gasteiger partial charge in [-0.3, -0.25) is 9.78 Å². The number of rotatable bonds is 4. The van der Waals surface area contributed by atoms with Crippen LogP contribution in [0.25, 0.3) is 22.0 Å². The predicted molar refractivity (Wildman–Crippen MR) is 86.7 cm³/mol. The van der Waals surface area contributed by atoms with Crippen molar-refractivity contribution in [2.45, 2.75) is 0 Å². The molecule has 0 saturated heterocycles. The Hall–Kier alpha value is -2.88. The van der Waals surface area contributed by atoms with E-state index in [1.807, 2.05) is 54.6 Å². The zero-order chi connectivity index (χ0) is 15.4. The minimum atomic E-state index is -0.158. The van der Waals surface area contributed by atoms with Gasteiger partial charge in [-0.1, -0.05) is 36.4 Å². The van der Waals surface area contributed by atoms with E-state index >= 15 is 0 Å². The predicted octanol–water partition coefficient (Wildman–Crippen LogP) is 3.03. The summed E-state index contributed by atoms with van der Waals surface area (Å²) < 4.78 is 5.66. The molecule has 4 nitrogen and oxygen atoms in total.